The molecule has 0 spiro atoms. The first kappa shape index (κ1) is 13.8. The van der Waals surface area contributed by atoms with Crippen LogP contribution in [-0.2, 0) is 0 Å². The van der Waals surface area contributed by atoms with Crippen LogP contribution in [0.4, 0.5) is 17.3 Å². The number of aromatic nitrogens is 2. The quantitative estimate of drug-likeness (QED) is 0.507. The molecule has 2 unspecified atom stereocenters. The number of nitrogens with zero attached hydrogens (tertiary/aromatic N) is 4. The minimum Gasteiger partial charge on any atom is -0.378 e. The second-order valence-electron chi connectivity index (χ2n) is 5.16. The highest BCUT2D eigenvalue weighted by Gasteiger charge is 2.31. The first-order valence-electron chi connectivity index (χ1n) is 6.10. The predicted molar refractivity (Wildman–Crippen MR) is 73.3 cm³/mol. The summed E-state index contributed by atoms with van der Waals surface area (Å²) in [6.45, 7) is 5.64. The number of nitrogens with two attached hydrogens (primary N) is 1. The Morgan fingerprint density at radius 3 is 2.47 bits per heavy atom. The second kappa shape index (κ2) is 5.16. The molecule has 2 heterocycles. The van der Waals surface area contributed by atoms with Gasteiger partial charge in [-0.2, -0.15) is 9.97 Å². The van der Waals surface area contributed by atoms with Gasteiger partial charge in [0.1, 0.15) is 0 Å². The normalized spacial score (nSPS) is 23.4. The lowest BCUT2D eigenvalue weighted by atomic mass is 9.92. The SMILES string of the molecule is CC1CC(C)CN(c2nc(Cl)nc(N)c2[N+](=O)[O-])C1. The lowest BCUT2D eigenvalue weighted by molar-refractivity contribution is -0.383. The molecule has 2 rings (SSSR count). The highest BCUT2D eigenvalue weighted by Crippen LogP contribution is 2.35. The van der Waals surface area contributed by atoms with E-state index < -0.39 is 4.92 Å². The first-order chi connectivity index (χ1) is 8.88. The Kier molecular flexibility index (Phi) is 3.75. The van der Waals surface area contributed by atoms with Gasteiger partial charge in [0.2, 0.25) is 16.9 Å². The Morgan fingerprint density at radius 1 is 1.37 bits per heavy atom. The molecule has 1 fully saturated rings. The lowest BCUT2D eigenvalue weighted by Crippen LogP contribution is -2.39. The molecule has 0 aromatic carbocycles. The number of hydrogen-bond acceptors (Lipinski definition) is 6. The zero-order valence-corrected chi connectivity index (χ0v) is 11.6. The van der Waals surface area contributed by atoms with Crippen LogP contribution in [0.25, 0.3) is 0 Å². The van der Waals surface area contributed by atoms with Gasteiger partial charge < -0.3 is 10.6 Å². The van der Waals surface area contributed by atoms with Gasteiger partial charge in [-0.1, -0.05) is 13.8 Å². The Labute approximate surface area is 115 Å². The lowest BCUT2D eigenvalue weighted by Gasteiger charge is -2.35. The van der Waals surface area contributed by atoms with Gasteiger partial charge in [0.25, 0.3) is 0 Å². The topological polar surface area (TPSA) is 98.2 Å². The van der Waals surface area contributed by atoms with Crippen molar-refractivity contribution in [2.45, 2.75) is 20.3 Å². The predicted octanol–water partition coefficient (Wildman–Crippen LogP) is 2.10. The van der Waals surface area contributed by atoms with E-state index in [1.54, 1.807) is 0 Å². The van der Waals surface area contributed by atoms with E-state index >= 15 is 0 Å². The summed E-state index contributed by atoms with van der Waals surface area (Å²) in [6.07, 6.45) is 1.10. The summed E-state index contributed by atoms with van der Waals surface area (Å²) in [6, 6.07) is 0. The molecule has 1 aliphatic heterocycles. The maximum atomic E-state index is 11.1. The van der Waals surface area contributed by atoms with Crippen LogP contribution in [0.1, 0.15) is 20.3 Å². The van der Waals surface area contributed by atoms with Gasteiger partial charge in [0.15, 0.2) is 0 Å². The third kappa shape index (κ3) is 2.86. The third-order valence-corrected chi connectivity index (χ3v) is 3.39. The van der Waals surface area contributed by atoms with E-state index in [1.165, 1.54) is 0 Å². The molecule has 1 aromatic heterocycles. The standard InChI is InChI=1S/C11H16ClN5O2/c1-6-3-7(2)5-16(4-6)10-8(17(18)19)9(13)14-11(12)15-10/h6-7H,3-5H2,1-2H3,(H2,13,14,15). The number of rotatable bonds is 2. The minimum absolute atomic E-state index is 0.0658. The van der Waals surface area contributed by atoms with Crippen LogP contribution in [0.3, 0.4) is 0 Å². The molecule has 7 nitrogen and oxygen atoms in total. The molecular formula is C11H16ClN5O2. The van der Waals surface area contributed by atoms with Crippen LogP contribution in [0.15, 0.2) is 0 Å². The van der Waals surface area contributed by atoms with Crippen LogP contribution < -0.4 is 10.6 Å². The molecule has 19 heavy (non-hydrogen) atoms. The highest BCUT2D eigenvalue weighted by molar-refractivity contribution is 6.28. The van der Waals surface area contributed by atoms with Crippen LogP contribution in [0, 0.1) is 22.0 Å². The molecule has 0 radical (unpaired) electrons. The van der Waals surface area contributed by atoms with Gasteiger partial charge in [0.05, 0.1) is 4.92 Å². The Morgan fingerprint density at radius 2 is 1.95 bits per heavy atom. The number of halogens is 1. The summed E-state index contributed by atoms with van der Waals surface area (Å²) in [5.41, 5.74) is 5.34. The molecule has 1 aromatic rings. The van der Waals surface area contributed by atoms with Gasteiger partial charge >= 0.3 is 5.69 Å². The van der Waals surface area contributed by atoms with E-state index in [2.05, 4.69) is 23.8 Å². The van der Waals surface area contributed by atoms with E-state index in [0.717, 1.165) is 6.42 Å². The maximum Gasteiger partial charge on any atom is 0.353 e. The molecule has 0 aliphatic carbocycles. The largest absolute Gasteiger partial charge is 0.378 e. The van der Waals surface area contributed by atoms with Gasteiger partial charge in [-0.3, -0.25) is 10.1 Å². The monoisotopic (exact) mass is 285 g/mol. The van der Waals surface area contributed by atoms with Gasteiger partial charge in [-0.25, -0.2) is 0 Å². The van der Waals surface area contributed by atoms with Crippen LogP contribution in [0.5, 0.6) is 0 Å². The summed E-state index contributed by atoms with van der Waals surface area (Å²) in [5.74, 6) is 0.920. The second-order valence-corrected chi connectivity index (χ2v) is 5.50. The summed E-state index contributed by atoms with van der Waals surface area (Å²) in [4.78, 5) is 20.1. The zero-order valence-electron chi connectivity index (χ0n) is 10.8. The first-order valence-corrected chi connectivity index (χ1v) is 6.48. The van der Waals surface area contributed by atoms with Gasteiger partial charge in [0, 0.05) is 13.1 Å². The maximum absolute atomic E-state index is 11.1. The third-order valence-electron chi connectivity index (χ3n) is 3.22. The van der Waals surface area contributed by atoms with Crippen LogP contribution in [0.2, 0.25) is 5.28 Å². The number of anilines is 2. The van der Waals surface area contributed by atoms with Crippen LogP contribution in [-0.4, -0.2) is 28.0 Å². The van der Waals surface area contributed by atoms with E-state index in [1.807, 2.05) is 4.90 Å². The van der Waals surface area contributed by atoms with Gasteiger partial charge in [-0.05, 0) is 29.9 Å². The molecule has 1 aliphatic rings. The van der Waals surface area contributed by atoms with Crippen molar-refractivity contribution >= 4 is 28.9 Å². The summed E-state index contributed by atoms with van der Waals surface area (Å²) >= 11 is 5.77. The van der Waals surface area contributed by atoms with Crippen molar-refractivity contribution in [1.82, 2.24) is 9.97 Å². The van der Waals surface area contributed by atoms with Crippen molar-refractivity contribution in [3.8, 4) is 0 Å². The van der Waals surface area contributed by atoms with Crippen molar-refractivity contribution < 1.29 is 4.92 Å². The molecule has 2 atom stereocenters. The fraction of sp³-hybridized carbons (Fsp3) is 0.636. The number of piperidine rings is 1. The molecule has 0 amide bonds. The average Bonchev–Trinajstić information content (AvgIpc) is 2.25. The number of hydrogen-bond donors (Lipinski definition) is 1. The summed E-state index contributed by atoms with van der Waals surface area (Å²) in [5, 5.41) is 11.1. The Balaban J connectivity index is 2.45. The average molecular weight is 286 g/mol. The van der Waals surface area contributed by atoms with Gasteiger partial charge in [-0.15, -0.1) is 0 Å². The summed E-state index contributed by atoms with van der Waals surface area (Å²) < 4.78 is 0. The molecule has 0 bridgehead atoms. The van der Waals surface area contributed by atoms with E-state index in [0.29, 0.717) is 24.9 Å². The van der Waals surface area contributed by atoms with Crippen molar-refractivity contribution in [2.24, 2.45) is 11.8 Å². The Hall–Kier alpha value is -1.63. The number of nitro groups is 1. The molecular weight excluding hydrogens is 270 g/mol. The highest BCUT2D eigenvalue weighted by atomic mass is 35.5. The Bertz CT molecular complexity index is 500. The van der Waals surface area contributed by atoms with E-state index in [4.69, 9.17) is 17.3 Å². The molecule has 2 N–H and O–H groups in total. The van der Waals surface area contributed by atoms with Crippen molar-refractivity contribution in [2.75, 3.05) is 23.7 Å². The minimum atomic E-state index is -0.551. The fourth-order valence-electron chi connectivity index (χ4n) is 2.66. The van der Waals surface area contributed by atoms with Crippen molar-refractivity contribution in [3.05, 3.63) is 15.4 Å². The zero-order chi connectivity index (χ0) is 14.2. The molecule has 1 saturated heterocycles. The fourth-order valence-corrected chi connectivity index (χ4v) is 2.83. The number of nitrogen functional groups attached to an aromatic ring is 1. The van der Waals surface area contributed by atoms with Crippen molar-refractivity contribution in [3.63, 3.8) is 0 Å². The van der Waals surface area contributed by atoms with Crippen molar-refractivity contribution in [1.29, 1.82) is 0 Å². The molecule has 104 valence electrons. The molecule has 8 heteroatoms. The molecule has 0 saturated carbocycles. The summed E-state index contributed by atoms with van der Waals surface area (Å²) in [7, 11) is 0. The van der Waals surface area contributed by atoms with Crippen LogP contribution >= 0.6 is 11.6 Å². The smallest absolute Gasteiger partial charge is 0.353 e. The van der Waals surface area contributed by atoms with E-state index in [-0.39, 0.29) is 22.6 Å². The van der Waals surface area contributed by atoms with E-state index in [9.17, 15) is 10.1 Å².